The molecule has 1 heterocycles. The minimum Gasteiger partial charge on any atom is -0.267 e. The van der Waals surface area contributed by atoms with Gasteiger partial charge < -0.3 is 0 Å². The number of halogens is 4. The zero-order chi connectivity index (χ0) is 8.27. The molecule has 0 bridgehead atoms. The van der Waals surface area contributed by atoms with E-state index in [0.717, 1.165) is 5.56 Å². The van der Waals surface area contributed by atoms with E-state index in [9.17, 15) is 8.78 Å². The Labute approximate surface area is 79.9 Å². The van der Waals surface area contributed by atoms with Crippen LogP contribution >= 0.6 is 24.0 Å². The normalized spacial score (nSPS) is 10.0. The number of hydrogen-bond donors (Lipinski definition) is 0. The van der Waals surface area contributed by atoms with Gasteiger partial charge in [-0.25, -0.2) is 8.78 Å². The second kappa shape index (κ2) is 5.32. The van der Waals surface area contributed by atoms with E-state index in [4.69, 9.17) is 11.6 Å². The summed E-state index contributed by atoms with van der Waals surface area (Å²) in [6, 6.07) is 0. The summed E-state index contributed by atoms with van der Waals surface area (Å²) < 4.78 is 24.7. The molecule has 6 heteroatoms. The van der Waals surface area contributed by atoms with E-state index < -0.39 is 6.43 Å². The van der Waals surface area contributed by atoms with Crippen molar-refractivity contribution in [3.05, 3.63) is 18.0 Å². The minimum atomic E-state index is -2.36. The first-order chi connectivity index (χ1) is 5.22. The molecule has 0 saturated carbocycles. The van der Waals surface area contributed by atoms with Crippen LogP contribution in [0.2, 0.25) is 0 Å². The molecule has 0 radical (unpaired) electrons. The number of aromatic nitrogens is 2. The van der Waals surface area contributed by atoms with Gasteiger partial charge in [0.15, 0.2) is 0 Å². The second-order valence-electron chi connectivity index (χ2n) is 2.10. The molecule has 0 saturated heterocycles. The van der Waals surface area contributed by atoms with Gasteiger partial charge in [-0.2, -0.15) is 5.10 Å². The lowest BCUT2D eigenvalue weighted by atomic mass is 10.4. The molecule has 0 aliphatic carbocycles. The quantitative estimate of drug-likeness (QED) is 0.710. The van der Waals surface area contributed by atoms with Gasteiger partial charge in [0, 0.05) is 11.8 Å². The van der Waals surface area contributed by atoms with Gasteiger partial charge in [0.05, 0.1) is 12.1 Å². The Bertz CT molecular complexity index is 227. The molecule has 12 heavy (non-hydrogen) atoms. The van der Waals surface area contributed by atoms with E-state index in [1.165, 1.54) is 17.1 Å². The number of nitrogens with zero attached hydrogens (tertiary/aromatic N) is 2. The van der Waals surface area contributed by atoms with Gasteiger partial charge in [-0.15, -0.1) is 24.0 Å². The molecule has 0 aliphatic heterocycles. The van der Waals surface area contributed by atoms with Crippen molar-refractivity contribution in [1.82, 2.24) is 9.78 Å². The largest absolute Gasteiger partial charge is 0.267 e. The second-order valence-corrected chi connectivity index (χ2v) is 2.36. The third-order valence-corrected chi connectivity index (χ3v) is 1.47. The highest BCUT2D eigenvalue weighted by Crippen LogP contribution is 2.03. The Kier molecular flexibility index (Phi) is 5.17. The summed E-state index contributed by atoms with van der Waals surface area (Å²) in [7, 11) is 0. The Morgan fingerprint density at radius 3 is 2.67 bits per heavy atom. The lowest BCUT2D eigenvalue weighted by molar-refractivity contribution is 0.122. The third-order valence-electron chi connectivity index (χ3n) is 1.17. The zero-order valence-electron chi connectivity index (χ0n) is 6.08. The molecule has 0 aliphatic rings. The average molecular weight is 217 g/mol. The highest BCUT2D eigenvalue weighted by atomic mass is 35.5. The maximum atomic E-state index is 11.7. The van der Waals surface area contributed by atoms with Gasteiger partial charge in [0.2, 0.25) is 0 Å². The summed E-state index contributed by atoms with van der Waals surface area (Å²) in [6.07, 6.45) is 0.632. The van der Waals surface area contributed by atoms with Crippen LogP contribution in [0.5, 0.6) is 0 Å². The molecule has 0 fully saturated rings. The van der Waals surface area contributed by atoms with Gasteiger partial charge in [-0.05, 0) is 0 Å². The molecule has 1 aromatic rings. The fourth-order valence-electron chi connectivity index (χ4n) is 0.717. The summed E-state index contributed by atoms with van der Waals surface area (Å²) >= 11 is 5.44. The maximum Gasteiger partial charge on any atom is 0.257 e. The number of hydrogen-bond acceptors (Lipinski definition) is 1. The van der Waals surface area contributed by atoms with Gasteiger partial charge in [0.25, 0.3) is 6.43 Å². The van der Waals surface area contributed by atoms with E-state index >= 15 is 0 Å². The summed E-state index contributed by atoms with van der Waals surface area (Å²) in [5, 5.41) is 3.68. The van der Waals surface area contributed by atoms with Crippen molar-refractivity contribution in [2.45, 2.75) is 18.9 Å². The predicted molar refractivity (Wildman–Crippen MR) is 45.0 cm³/mol. The predicted octanol–water partition coefficient (Wildman–Crippen LogP) is 2.31. The topological polar surface area (TPSA) is 17.8 Å². The molecule has 0 atom stereocenters. The summed E-state index contributed by atoms with van der Waals surface area (Å²) in [6.45, 7) is -0.364. The monoisotopic (exact) mass is 216 g/mol. The van der Waals surface area contributed by atoms with Gasteiger partial charge in [0.1, 0.15) is 6.54 Å². The van der Waals surface area contributed by atoms with E-state index in [2.05, 4.69) is 5.10 Å². The molecule has 0 spiro atoms. The molecule has 2 nitrogen and oxygen atoms in total. The SMILES string of the molecule is Cl.FC(F)Cn1cc(CCl)cn1. The van der Waals surface area contributed by atoms with Crippen molar-refractivity contribution in [3.8, 4) is 0 Å². The first-order valence-corrected chi connectivity index (χ1v) is 3.61. The van der Waals surface area contributed by atoms with Gasteiger partial charge in [-0.1, -0.05) is 0 Å². The summed E-state index contributed by atoms with van der Waals surface area (Å²) in [4.78, 5) is 0. The first-order valence-electron chi connectivity index (χ1n) is 3.08. The average Bonchev–Trinajstić information content (AvgIpc) is 2.34. The molecule has 0 aromatic carbocycles. The molecular formula is C6H8Cl2F2N2. The van der Waals surface area contributed by atoms with Gasteiger partial charge in [-0.3, -0.25) is 4.68 Å². The maximum absolute atomic E-state index is 11.7. The van der Waals surface area contributed by atoms with E-state index in [1.54, 1.807) is 0 Å². The molecule has 0 amide bonds. The fourth-order valence-corrected chi connectivity index (χ4v) is 0.855. The molecule has 0 unspecified atom stereocenters. The van der Waals surface area contributed by atoms with E-state index in [-0.39, 0.29) is 19.0 Å². The standard InChI is InChI=1S/C6H7ClF2N2.ClH/c7-1-5-2-10-11(3-5)4-6(8)9;/h2-3,6H,1,4H2;1H. The first kappa shape index (κ1) is 11.6. The summed E-state index contributed by atoms with van der Waals surface area (Å²) in [5.41, 5.74) is 0.757. The lowest BCUT2D eigenvalue weighted by Gasteiger charge is -1.97. The van der Waals surface area contributed by atoms with Crippen molar-refractivity contribution in [2.24, 2.45) is 0 Å². The third kappa shape index (κ3) is 3.36. The minimum absolute atomic E-state index is 0. The van der Waals surface area contributed by atoms with Crippen LogP contribution < -0.4 is 0 Å². The van der Waals surface area contributed by atoms with Crippen LogP contribution in [0.4, 0.5) is 8.78 Å². The van der Waals surface area contributed by atoms with E-state index in [1.807, 2.05) is 0 Å². The lowest BCUT2D eigenvalue weighted by Crippen LogP contribution is -2.06. The summed E-state index contributed by atoms with van der Waals surface area (Å²) in [5.74, 6) is 0.309. The number of alkyl halides is 3. The van der Waals surface area contributed by atoms with Crippen LogP contribution in [0.15, 0.2) is 12.4 Å². The highest BCUT2D eigenvalue weighted by Gasteiger charge is 2.04. The van der Waals surface area contributed by atoms with Crippen LogP contribution in [0.25, 0.3) is 0 Å². The van der Waals surface area contributed by atoms with Gasteiger partial charge >= 0.3 is 0 Å². The molecule has 0 N–H and O–H groups in total. The highest BCUT2D eigenvalue weighted by molar-refractivity contribution is 6.17. The Morgan fingerprint density at radius 1 is 1.58 bits per heavy atom. The smallest absolute Gasteiger partial charge is 0.257 e. The van der Waals surface area contributed by atoms with Crippen molar-refractivity contribution in [1.29, 1.82) is 0 Å². The van der Waals surface area contributed by atoms with Crippen LogP contribution in [-0.2, 0) is 12.4 Å². The molecular weight excluding hydrogens is 209 g/mol. The van der Waals surface area contributed by atoms with Crippen molar-refractivity contribution in [2.75, 3.05) is 0 Å². The molecule has 70 valence electrons. The van der Waals surface area contributed by atoms with Crippen LogP contribution in [0.1, 0.15) is 5.56 Å². The van der Waals surface area contributed by atoms with Crippen molar-refractivity contribution >= 4 is 24.0 Å². The Hall–Kier alpha value is -0.350. The van der Waals surface area contributed by atoms with Crippen LogP contribution in [0, 0.1) is 0 Å². The fraction of sp³-hybridized carbons (Fsp3) is 0.500. The van der Waals surface area contributed by atoms with E-state index in [0.29, 0.717) is 5.88 Å². The Balaban J connectivity index is 0.00000121. The van der Waals surface area contributed by atoms with Crippen LogP contribution in [0.3, 0.4) is 0 Å². The van der Waals surface area contributed by atoms with Crippen LogP contribution in [-0.4, -0.2) is 16.2 Å². The van der Waals surface area contributed by atoms with Crippen molar-refractivity contribution in [3.63, 3.8) is 0 Å². The Morgan fingerprint density at radius 2 is 2.25 bits per heavy atom. The number of rotatable bonds is 3. The zero-order valence-corrected chi connectivity index (χ0v) is 7.66. The molecule has 1 rings (SSSR count). The molecule has 1 aromatic heterocycles. The van der Waals surface area contributed by atoms with Crippen molar-refractivity contribution < 1.29 is 8.78 Å².